The van der Waals surface area contributed by atoms with Gasteiger partial charge in [-0.2, -0.15) is 0 Å². The number of carbonyl (C=O) groups excluding carboxylic acids is 2. The summed E-state index contributed by atoms with van der Waals surface area (Å²) in [6.45, 7) is 4.73. The fourth-order valence-corrected chi connectivity index (χ4v) is 5.48. The first-order chi connectivity index (χ1) is 23.8. The van der Waals surface area contributed by atoms with Gasteiger partial charge in [0.15, 0.2) is 0 Å². The molecule has 0 fully saturated rings. The number of esters is 1. The van der Waals surface area contributed by atoms with Crippen LogP contribution in [0.3, 0.4) is 0 Å². The van der Waals surface area contributed by atoms with Crippen molar-refractivity contribution in [3.8, 4) is 34.0 Å². The van der Waals surface area contributed by atoms with Gasteiger partial charge in [-0.15, -0.1) is 0 Å². The third-order valence-electron chi connectivity index (χ3n) is 8.44. The molecule has 252 valence electrons. The van der Waals surface area contributed by atoms with E-state index < -0.39 is 17.4 Å². The standard InChI is InChI=1S/C42H44N2O5/c1-42(2,41(46)44-38(40(45)47-3)27-31-21-23-36(24-22-31)49-30-32-15-7-4-8-16-32)25-13-14-26-48-39-29-35(33-17-9-5-10-18-33)28-37(43-39)34-19-11-6-12-20-34/h4-12,15-24,28-29,38H,13-14,25-27,30H2,1-3H3,(H,44,46). The van der Waals surface area contributed by atoms with E-state index in [0.29, 0.717) is 31.9 Å². The Bertz CT molecular complexity index is 1720. The van der Waals surface area contributed by atoms with E-state index in [1.54, 1.807) is 0 Å². The summed E-state index contributed by atoms with van der Waals surface area (Å²) in [6, 6.07) is 41.0. The van der Waals surface area contributed by atoms with Gasteiger partial charge in [-0.1, -0.05) is 117 Å². The molecule has 1 amide bonds. The summed E-state index contributed by atoms with van der Waals surface area (Å²) in [4.78, 5) is 30.9. The van der Waals surface area contributed by atoms with Crippen molar-refractivity contribution in [3.05, 3.63) is 139 Å². The molecule has 0 spiro atoms. The molecule has 49 heavy (non-hydrogen) atoms. The Balaban J connectivity index is 1.13. The molecule has 7 nitrogen and oxygen atoms in total. The van der Waals surface area contributed by atoms with Crippen molar-refractivity contribution < 1.29 is 23.8 Å². The van der Waals surface area contributed by atoms with Gasteiger partial charge < -0.3 is 19.5 Å². The summed E-state index contributed by atoms with van der Waals surface area (Å²) in [5.41, 5.74) is 5.27. The van der Waals surface area contributed by atoms with Crippen molar-refractivity contribution in [2.75, 3.05) is 13.7 Å². The third-order valence-corrected chi connectivity index (χ3v) is 8.44. The molecule has 1 aromatic heterocycles. The second kappa shape index (κ2) is 17.1. The molecule has 0 aliphatic rings. The van der Waals surface area contributed by atoms with E-state index >= 15 is 0 Å². The van der Waals surface area contributed by atoms with Crippen LogP contribution in [0.4, 0.5) is 0 Å². The number of carbonyl (C=O) groups is 2. The number of rotatable bonds is 16. The third kappa shape index (κ3) is 10.3. The molecule has 0 radical (unpaired) electrons. The highest BCUT2D eigenvalue weighted by atomic mass is 16.5. The number of hydrogen-bond donors (Lipinski definition) is 1. The van der Waals surface area contributed by atoms with E-state index in [0.717, 1.165) is 52.1 Å². The molecule has 0 aliphatic carbocycles. The molecule has 4 aromatic carbocycles. The normalized spacial score (nSPS) is 11.7. The highest BCUT2D eigenvalue weighted by Gasteiger charge is 2.31. The topological polar surface area (TPSA) is 86.8 Å². The molecule has 5 rings (SSSR count). The highest BCUT2D eigenvalue weighted by molar-refractivity contribution is 5.87. The largest absolute Gasteiger partial charge is 0.489 e. The highest BCUT2D eigenvalue weighted by Crippen LogP contribution is 2.29. The Labute approximate surface area is 289 Å². The second-order valence-electron chi connectivity index (χ2n) is 12.7. The average molecular weight is 657 g/mol. The summed E-state index contributed by atoms with van der Waals surface area (Å²) >= 11 is 0. The summed E-state index contributed by atoms with van der Waals surface area (Å²) in [5, 5.41) is 2.94. The van der Waals surface area contributed by atoms with Gasteiger partial charge in [-0.25, -0.2) is 9.78 Å². The van der Waals surface area contributed by atoms with Crippen molar-refractivity contribution in [1.82, 2.24) is 10.3 Å². The van der Waals surface area contributed by atoms with Crippen LogP contribution in [0.2, 0.25) is 0 Å². The number of benzene rings is 4. The van der Waals surface area contributed by atoms with Crippen LogP contribution in [0.15, 0.2) is 127 Å². The smallest absolute Gasteiger partial charge is 0.328 e. The molecule has 1 atom stereocenters. The average Bonchev–Trinajstić information content (AvgIpc) is 3.14. The minimum atomic E-state index is -0.807. The fraction of sp³-hybridized carbons (Fsp3) is 0.262. The summed E-state index contributed by atoms with van der Waals surface area (Å²) in [5.74, 6) is 0.611. The van der Waals surface area contributed by atoms with Crippen molar-refractivity contribution in [1.29, 1.82) is 0 Å². The molecule has 0 aliphatic heterocycles. The van der Waals surface area contributed by atoms with Gasteiger partial charge in [0.25, 0.3) is 0 Å². The summed E-state index contributed by atoms with van der Waals surface area (Å²) < 4.78 is 17.1. The molecule has 1 unspecified atom stereocenters. The van der Waals surface area contributed by atoms with Gasteiger partial charge in [0.2, 0.25) is 11.8 Å². The number of methoxy groups -OCH3 is 1. The number of hydrogen-bond acceptors (Lipinski definition) is 6. The Morgan fingerprint density at radius 3 is 2.00 bits per heavy atom. The van der Waals surface area contributed by atoms with Gasteiger partial charge in [0.1, 0.15) is 18.4 Å². The zero-order valence-electron chi connectivity index (χ0n) is 28.4. The zero-order chi connectivity index (χ0) is 34.5. The monoisotopic (exact) mass is 656 g/mol. The lowest BCUT2D eigenvalue weighted by Crippen LogP contribution is -2.48. The number of pyridine rings is 1. The molecule has 0 saturated heterocycles. The maximum Gasteiger partial charge on any atom is 0.328 e. The van der Waals surface area contributed by atoms with Gasteiger partial charge in [-0.3, -0.25) is 4.79 Å². The summed E-state index contributed by atoms with van der Waals surface area (Å²) in [7, 11) is 1.33. The number of unbranched alkanes of at least 4 members (excludes halogenated alkanes) is 1. The predicted molar refractivity (Wildman–Crippen MR) is 193 cm³/mol. The van der Waals surface area contributed by atoms with Crippen LogP contribution >= 0.6 is 0 Å². The minimum Gasteiger partial charge on any atom is -0.489 e. The van der Waals surface area contributed by atoms with Crippen LogP contribution in [0.25, 0.3) is 22.4 Å². The SMILES string of the molecule is COC(=O)C(Cc1ccc(OCc2ccccc2)cc1)NC(=O)C(C)(C)CCCCOc1cc(-c2ccccc2)cc(-c2ccccc2)n1. The molecular formula is C42H44N2O5. The van der Waals surface area contributed by atoms with E-state index in [9.17, 15) is 9.59 Å². The van der Waals surface area contributed by atoms with E-state index in [-0.39, 0.29) is 5.91 Å². The van der Waals surface area contributed by atoms with Crippen LogP contribution in [0.1, 0.15) is 44.2 Å². The quantitative estimate of drug-likeness (QED) is 0.0847. The Morgan fingerprint density at radius 1 is 0.714 bits per heavy atom. The molecular weight excluding hydrogens is 612 g/mol. The number of nitrogens with zero attached hydrogens (tertiary/aromatic N) is 1. The van der Waals surface area contributed by atoms with Crippen molar-refractivity contribution >= 4 is 11.9 Å². The fourth-order valence-electron chi connectivity index (χ4n) is 5.48. The van der Waals surface area contributed by atoms with Crippen LogP contribution in [-0.2, 0) is 27.4 Å². The Kier molecular flexibility index (Phi) is 12.2. The molecule has 1 N–H and O–H groups in total. The number of ether oxygens (including phenoxy) is 3. The maximum absolute atomic E-state index is 13.4. The van der Waals surface area contributed by atoms with Crippen LogP contribution in [-0.4, -0.2) is 36.6 Å². The van der Waals surface area contributed by atoms with E-state index in [1.165, 1.54) is 7.11 Å². The van der Waals surface area contributed by atoms with Gasteiger partial charge >= 0.3 is 5.97 Å². The number of amides is 1. The van der Waals surface area contributed by atoms with Crippen LogP contribution < -0.4 is 14.8 Å². The van der Waals surface area contributed by atoms with E-state index in [4.69, 9.17) is 19.2 Å². The zero-order valence-corrected chi connectivity index (χ0v) is 28.4. The van der Waals surface area contributed by atoms with Crippen molar-refractivity contribution in [3.63, 3.8) is 0 Å². The molecule has 0 bridgehead atoms. The number of nitrogens with one attached hydrogen (secondary N) is 1. The van der Waals surface area contributed by atoms with E-state index in [2.05, 4.69) is 23.5 Å². The maximum atomic E-state index is 13.4. The first-order valence-corrected chi connectivity index (χ1v) is 16.7. The van der Waals surface area contributed by atoms with E-state index in [1.807, 2.05) is 123 Å². The number of aromatic nitrogens is 1. The predicted octanol–water partition coefficient (Wildman–Crippen LogP) is 8.47. The lowest BCUT2D eigenvalue weighted by molar-refractivity contribution is -0.146. The molecule has 5 aromatic rings. The minimum absolute atomic E-state index is 0.198. The Morgan fingerprint density at radius 2 is 1.35 bits per heavy atom. The van der Waals surface area contributed by atoms with Crippen LogP contribution in [0.5, 0.6) is 11.6 Å². The lowest BCUT2D eigenvalue weighted by atomic mass is 9.85. The lowest BCUT2D eigenvalue weighted by Gasteiger charge is -2.26. The van der Waals surface area contributed by atoms with Gasteiger partial charge in [0.05, 0.1) is 19.4 Å². The van der Waals surface area contributed by atoms with Crippen molar-refractivity contribution in [2.24, 2.45) is 5.41 Å². The van der Waals surface area contributed by atoms with Gasteiger partial charge in [-0.05, 0) is 59.7 Å². The first kappa shape index (κ1) is 34.9. The molecule has 7 heteroatoms. The summed E-state index contributed by atoms with van der Waals surface area (Å²) in [6.07, 6.45) is 2.43. The first-order valence-electron chi connectivity index (χ1n) is 16.7. The Hall–Kier alpha value is -5.43. The molecule has 1 heterocycles. The van der Waals surface area contributed by atoms with Crippen molar-refractivity contribution in [2.45, 2.75) is 52.2 Å². The van der Waals surface area contributed by atoms with Crippen LogP contribution in [0, 0.1) is 5.41 Å². The molecule has 0 saturated carbocycles. The van der Waals surface area contributed by atoms with Gasteiger partial charge in [0, 0.05) is 23.5 Å². The second-order valence-corrected chi connectivity index (χ2v) is 12.7.